The van der Waals surface area contributed by atoms with Gasteiger partial charge in [-0.25, -0.2) is 0 Å². The van der Waals surface area contributed by atoms with Crippen LogP contribution in [0.5, 0.6) is 0 Å². The number of amides is 1. The van der Waals surface area contributed by atoms with E-state index < -0.39 is 11.8 Å². The minimum Gasteiger partial charge on any atom is -0.481 e. The lowest BCUT2D eigenvalue weighted by molar-refractivity contribution is -0.193. The van der Waals surface area contributed by atoms with Crippen LogP contribution in [0.15, 0.2) is 0 Å². The molecule has 0 atom stereocenters. The summed E-state index contributed by atoms with van der Waals surface area (Å²) in [6, 6.07) is 0. The highest BCUT2D eigenvalue weighted by Crippen LogP contribution is 2.30. The molecule has 1 amide bonds. The van der Waals surface area contributed by atoms with Crippen molar-refractivity contribution >= 4 is 11.9 Å². The highest BCUT2D eigenvalue weighted by Gasteiger charge is 2.41. The molecule has 0 saturated carbocycles. The molecular formula is C12H19NO5. The van der Waals surface area contributed by atoms with Crippen molar-refractivity contribution in [2.75, 3.05) is 26.3 Å². The summed E-state index contributed by atoms with van der Waals surface area (Å²) in [5, 5.41) is 8.54. The number of carbonyl (C=O) groups is 2. The van der Waals surface area contributed by atoms with Crippen molar-refractivity contribution in [1.82, 2.24) is 4.90 Å². The Labute approximate surface area is 106 Å². The quantitative estimate of drug-likeness (QED) is 0.798. The summed E-state index contributed by atoms with van der Waals surface area (Å²) < 4.78 is 11.2. The summed E-state index contributed by atoms with van der Waals surface area (Å²) >= 11 is 0. The van der Waals surface area contributed by atoms with E-state index in [1.807, 2.05) is 0 Å². The third-order valence-electron chi connectivity index (χ3n) is 3.37. The van der Waals surface area contributed by atoms with Crippen LogP contribution in [0, 0.1) is 0 Å². The van der Waals surface area contributed by atoms with Crippen LogP contribution in [0.4, 0.5) is 0 Å². The second-order valence-corrected chi connectivity index (χ2v) is 4.77. The van der Waals surface area contributed by atoms with Gasteiger partial charge in [0, 0.05) is 25.8 Å². The fourth-order valence-corrected chi connectivity index (χ4v) is 2.48. The minimum atomic E-state index is -0.861. The molecule has 1 spiro atoms. The summed E-state index contributed by atoms with van der Waals surface area (Å²) in [5.41, 5.74) is 0. The molecule has 0 unspecified atom stereocenters. The Hall–Kier alpha value is -1.14. The number of ether oxygens (including phenoxy) is 2. The van der Waals surface area contributed by atoms with Gasteiger partial charge in [0.05, 0.1) is 19.8 Å². The van der Waals surface area contributed by atoms with Gasteiger partial charge in [0.1, 0.15) is 0 Å². The highest BCUT2D eigenvalue weighted by molar-refractivity contribution is 5.77. The van der Waals surface area contributed by atoms with E-state index in [1.54, 1.807) is 4.90 Å². The number of carboxylic acids is 1. The zero-order valence-corrected chi connectivity index (χ0v) is 10.4. The molecule has 102 valence electrons. The van der Waals surface area contributed by atoms with E-state index in [1.165, 1.54) is 0 Å². The number of nitrogens with zero attached hydrogens (tertiary/aromatic N) is 1. The van der Waals surface area contributed by atoms with Gasteiger partial charge in [-0.1, -0.05) is 0 Å². The van der Waals surface area contributed by atoms with E-state index in [9.17, 15) is 9.59 Å². The van der Waals surface area contributed by atoms with Gasteiger partial charge in [0.15, 0.2) is 5.79 Å². The molecule has 1 N–H and O–H groups in total. The normalized spacial score (nSPS) is 22.3. The molecule has 0 aromatic heterocycles. The van der Waals surface area contributed by atoms with Gasteiger partial charge in [0.2, 0.25) is 5.91 Å². The van der Waals surface area contributed by atoms with Gasteiger partial charge in [-0.2, -0.15) is 0 Å². The average Bonchev–Trinajstić information content (AvgIpc) is 2.76. The molecule has 0 radical (unpaired) electrons. The maximum absolute atomic E-state index is 11.9. The third kappa shape index (κ3) is 3.20. The van der Waals surface area contributed by atoms with Gasteiger partial charge in [0.25, 0.3) is 0 Å². The first-order valence-electron chi connectivity index (χ1n) is 6.39. The van der Waals surface area contributed by atoms with E-state index >= 15 is 0 Å². The summed E-state index contributed by atoms with van der Waals surface area (Å²) in [5.74, 6) is -1.46. The van der Waals surface area contributed by atoms with Crippen molar-refractivity contribution in [3.05, 3.63) is 0 Å². The third-order valence-corrected chi connectivity index (χ3v) is 3.37. The van der Waals surface area contributed by atoms with Crippen molar-refractivity contribution in [1.29, 1.82) is 0 Å². The summed E-state index contributed by atoms with van der Waals surface area (Å²) in [4.78, 5) is 24.1. The molecule has 2 rings (SSSR count). The second kappa shape index (κ2) is 5.67. The maximum atomic E-state index is 11.9. The van der Waals surface area contributed by atoms with Crippen LogP contribution in [-0.4, -0.2) is 54.0 Å². The van der Waals surface area contributed by atoms with Crippen LogP contribution in [-0.2, 0) is 19.1 Å². The molecule has 2 aliphatic heterocycles. The van der Waals surface area contributed by atoms with Gasteiger partial charge < -0.3 is 19.5 Å². The smallest absolute Gasteiger partial charge is 0.303 e. The van der Waals surface area contributed by atoms with Gasteiger partial charge in [-0.05, 0) is 12.8 Å². The number of carbonyl (C=O) groups excluding carboxylic acids is 1. The van der Waals surface area contributed by atoms with Gasteiger partial charge in [-0.3, -0.25) is 9.59 Å². The van der Waals surface area contributed by atoms with Crippen LogP contribution in [0.2, 0.25) is 0 Å². The molecule has 2 saturated heterocycles. The Bertz CT molecular complexity index is 324. The number of aliphatic carboxylic acids is 1. The molecule has 6 heteroatoms. The summed E-state index contributed by atoms with van der Waals surface area (Å²) in [6.45, 7) is 2.35. The Morgan fingerprint density at radius 1 is 1.22 bits per heavy atom. The summed E-state index contributed by atoms with van der Waals surface area (Å²) in [6.07, 6.45) is 2.40. The lowest BCUT2D eigenvalue weighted by Crippen LogP contribution is -2.51. The first kappa shape index (κ1) is 13.3. The van der Waals surface area contributed by atoms with Crippen molar-refractivity contribution in [3.8, 4) is 0 Å². The first-order chi connectivity index (χ1) is 8.61. The van der Waals surface area contributed by atoms with E-state index in [2.05, 4.69) is 0 Å². The fraction of sp³-hybridized carbons (Fsp3) is 0.833. The molecule has 18 heavy (non-hydrogen) atoms. The number of likely N-dealkylation sites (tertiary alicyclic amines) is 1. The fourth-order valence-electron chi connectivity index (χ4n) is 2.48. The van der Waals surface area contributed by atoms with Gasteiger partial charge >= 0.3 is 5.97 Å². The molecule has 6 nitrogen and oxygen atoms in total. The molecule has 0 aromatic carbocycles. The molecule has 0 aromatic rings. The van der Waals surface area contributed by atoms with E-state index in [0.29, 0.717) is 32.7 Å². The molecule has 2 fully saturated rings. The number of carboxylic acid groups (broad SMARTS) is 1. The first-order valence-corrected chi connectivity index (χ1v) is 6.39. The van der Waals surface area contributed by atoms with Crippen LogP contribution >= 0.6 is 0 Å². The predicted octanol–water partition coefficient (Wildman–Crippen LogP) is 0.607. The Balaban J connectivity index is 1.81. The average molecular weight is 257 g/mol. The zero-order chi connectivity index (χ0) is 13.0. The number of hydrogen-bond donors (Lipinski definition) is 1. The van der Waals surface area contributed by atoms with Crippen LogP contribution in [0.25, 0.3) is 0 Å². The van der Waals surface area contributed by atoms with E-state index in [0.717, 1.165) is 12.8 Å². The zero-order valence-electron chi connectivity index (χ0n) is 10.4. The predicted molar refractivity (Wildman–Crippen MR) is 61.9 cm³/mol. The Morgan fingerprint density at radius 3 is 2.61 bits per heavy atom. The molecule has 0 aliphatic carbocycles. The second-order valence-electron chi connectivity index (χ2n) is 4.77. The van der Waals surface area contributed by atoms with Crippen molar-refractivity contribution < 1.29 is 24.2 Å². The minimum absolute atomic E-state index is 0.00516. The molecular weight excluding hydrogens is 238 g/mol. The van der Waals surface area contributed by atoms with Crippen LogP contribution in [0.1, 0.15) is 32.1 Å². The lowest BCUT2D eigenvalue weighted by Gasteiger charge is -2.38. The monoisotopic (exact) mass is 257 g/mol. The summed E-state index contributed by atoms with van der Waals surface area (Å²) in [7, 11) is 0. The standard InChI is InChI=1S/C12H19NO5/c14-10(3-1-4-11(15)16)13-6-2-5-12(9-13)17-7-8-18-12/h1-9H2,(H,15,16). The van der Waals surface area contributed by atoms with Gasteiger partial charge in [-0.15, -0.1) is 0 Å². The highest BCUT2D eigenvalue weighted by atomic mass is 16.7. The number of hydrogen-bond acceptors (Lipinski definition) is 4. The van der Waals surface area contributed by atoms with Crippen molar-refractivity contribution in [2.45, 2.75) is 37.9 Å². The van der Waals surface area contributed by atoms with Crippen molar-refractivity contribution in [2.24, 2.45) is 0 Å². The number of piperidine rings is 1. The van der Waals surface area contributed by atoms with Crippen LogP contribution in [0.3, 0.4) is 0 Å². The maximum Gasteiger partial charge on any atom is 0.303 e. The van der Waals surface area contributed by atoms with Crippen molar-refractivity contribution in [3.63, 3.8) is 0 Å². The van der Waals surface area contributed by atoms with Crippen LogP contribution < -0.4 is 0 Å². The Morgan fingerprint density at radius 2 is 1.94 bits per heavy atom. The largest absolute Gasteiger partial charge is 0.481 e. The SMILES string of the molecule is O=C(O)CCCC(=O)N1CCCC2(C1)OCCO2. The topological polar surface area (TPSA) is 76.1 Å². The van der Waals surface area contributed by atoms with E-state index in [4.69, 9.17) is 14.6 Å². The molecule has 0 bridgehead atoms. The lowest BCUT2D eigenvalue weighted by atomic mass is 10.0. The van der Waals surface area contributed by atoms with E-state index in [-0.39, 0.29) is 18.7 Å². The Kier molecular flexibility index (Phi) is 4.19. The molecule has 2 aliphatic rings. The molecule has 2 heterocycles. The number of rotatable bonds is 4.